The average molecular weight is 344 g/mol. The summed E-state index contributed by atoms with van der Waals surface area (Å²) in [6, 6.07) is 4.12. The first-order chi connectivity index (χ1) is 11.8. The van der Waals surface area contributed by atoms with Crippen molar-refractivity contribution < 1.29 is 9.90 Å². The van der Waals surface area contributed by atoms with Gasteiger partial charge in [0.15, 0.2) is 0 Å². The molecule has 1 fully saturated rings. The Morgan fingerprint density at radius 1 is 1.40 bits per heavy atom. The lowest BCUT2D eigenvalue weighted by Crippen LogP contribution is -2.56. The van der Waals surface area contributed by atoms with Gasteiger partial charge in [-0.3, -0.25) is 24.1 Å². The van der Waals surface area contributed by atoms with Crippen LogP contribution in [0.1, 0.15) is 35.4 Å². The van der Waals surface area contributed by atoms with Crippen molar-refractivity contribution in [3.63, 3.8) is 0 Å². The van der Waals surface area contributed by atoms with E-state index in [1.165, 1.54) is 16.8 Å². The molecule has 0 spiro atoms. The summed E-state index contributed by atoms with van der Waals surface area (Å²) >= 11 is 0. The Morgan fingerprint density at radius 3 is 2.80 bits per heavy atom. The number of amides is 1. The highest BCUT2D eigenvalue weighted by Crippen LogP contribution is 2.31. The van der Waals surface area contributed by atoms with Crippen LogP contribution < -0.4 is 11.2 Å². The van der Waals surface area contributed by atoms with Gasteiger partial charge in [0, 0.05) is 30.7 Å². The minimum atomic E-state index is -1.31. The minimum Gasteiger partial charge on any atom is -0.386 e. The van der Waals surface area contributed by atoms with Gasteiger partial charge in [0.05, 0.1) is 18.2 Å². The maximum Gasteiger partial charge on any atom is 0.328 e. The van der Waals surface area contributed by atoms with Gasteiger partial charge in [0.2, 0.25) is 0 Å². The second-order valence-electron chi connectivity index (χ2n) is 6.54. The van der Waals surface area contributed by atoms with Gasteiger partial charge >= 0.3 is 5.69 Å². The number of carbonyl (C=O) groups excluding carboxylic acids is 1. The lowest BCUT2D eigenvalue weighted by atomic mass is 9.88. The van der Waals surface area contributed by atoms with Crippen LogP contribution in [-0.4, -0.2) is 49.1 Å². The number of rotatable bonds is 2. The van der Waals surface area contributed by atoms with Gasteiger partial charge < -0.3 is 10.0 Å². The third kappa shape index (κ3) is 3.25. The molecule has 0 radical (unpaired) electrons. The number of aromatic amines is 1. The Morgan fingerprint density at radius 2 is 2.16 bits per heavy atom. The molecular formula is C17H20N4O4. The maximum atomic E-state index is 12.7. The molecule has 0 aliphatic carbocycles. The molecule has 1 aliphatic rings. The van der Waals surface area contributed by atoms with Gasteiger partial charge in [-0.15, -0.1) is 0 Å². The van der Waals surface area contributed by atoms with Crippen LogP contribution in [0.4, 0.5) is 0 Å². The second-order valence-corrected chi connectivity index (χ2v) is 6.54. The molecule has 2 aromatic rings. The fourth-order valence-electron chi connectivity index (χ4n) is 3.33. The van der Waals surface area contributed by atoms with Crippen molar-refractivity contribution in [1.82, 2.24) is 19.4 Å². The van der Waals surface area contributed by atoms with E-state index in [-0.39, 0.29) is 12.5 Å². The molecule has 8 heteroatoms. The summed E-state index contributed by atoms with van der Waals surface area (Å²) in [5.74, 6) is -0.196. The first kappa shape index (κ1) is 17.1. The van der Waals surface area contributed by atoms with Crippen LogP contribution in [0.25, 0.3) is 0 Å². The highest BCUT2D eigenvalue weighted by Gasteiger charge is 2.41. The zero-order valence-corrected chi connectivity index (χ0v) is 14.1. The number of nitrogens with one attached hydrogen (secondary N) is 1. The van der Waals surface area contributed by atoms with Crippen molar-refractivity contribution in [2.45, 2.75) is 31.9 Å². The topological polar surface area (TPSA) is 108 Å². The Labute approximate surface area is 143 Å². The fourth-order valence-corrected chi connectivity index (χ4v) is 3.33. The molecule has 1 aliphatic heterocycles. The lowest BCUT2D eigenvalue weighted by Gasteiger charge is -2.43. The molecule has 2 N–H and O–H groups in total. The second kappa shape index (κ2) is 6.29. The number of H-pyrrole nitrogens is 1. The summed E-state index contributed by atoms with van der Waals surface area (Å²) in [5.41, 5.74) is -1.24. The van der Waals surface area contributed by atoms with E-state index in [1.54, 1.807) is 37.1 Å². The number of piperidine rings is 1. The molecule has 2 aromatic heterocycles. The quantitative estimate of drug-likeness (QED) is 0.802. The number of carbonyl (C=O) groups is 1. The molecule has 2 atom stereocenters. The van der Waals surface area contributed by atoms with E-state index in [0.29, 0.717) is 24.2 Å². The maximum absolute atomic E-state index is 12.7. The van der Waals surface area contributed by atoms with Gasteiger partial charge in [-0.05, 0) is 32.4 Å². The van der Waals surface area contributed by atoms with Crippen molar-refractivity contribution in [1.29, 1.82) is 0 Å². The van der Waals surface area contributed by atoms with E-state index < -0.39 is 22.9 Å². The van der Waals surface area contributed by atoms with Gasteiger partial charge in [0.1, 0.15) is 5.60 Å². The number of aryl methyl sites for hydroxylation is 1. The van der Waals surface area contributed by atoms with Crippen LogP contribution in [0.5, 0.6) is 0 Å². The normalized spacial score (nSPS) is 23.5. The smallest absolute Gasteiger partial charge is 0.328 e. The highest BCUT2D eigenvalue weighted by atomic mass is 16.3. The first-order valence-corrected chi connectivity index (χ1v) is 8.04. The van der Waals surface area contributed by atoms with Crippen LogP contribution in [0.3, 0.4) is 0 Å². The SMILES string of the molecule is Cc1ncccc1C(=O)N1CC[C@@H](n2ccc(=O)[nH]c2=O)[C@](C)(O)C1. The number of hydrogen-bond acceptors (Lipinski definition) is 5. The number of aromatic nitrogens is 3. The molecule has 25 heavy (non-hydrogen) atoms. The minimum absolute atomic E-state index is 0.0798. The molecule has 8 nitrogen and oxygen atoms in total. The van der Waals surface area contributed by atoms with E-state index in [0.717, 1.165) is 0 Å². The molecule has 1 amide bonds. The van der Waals surface area contributed by atoms with Crippen molar-refractivity contribution in [2.24, 2.45) is 0 Å². The first-order valence-electron chi connectivity index (χ1n) is 8.04. The summed E-state index contributed by atoms with van der Waals surface area (Å²) in [7, 11) is 0. The van der Waals surface area contributed by atoms with Crippen molar-refractivity contribution >= 4 is 5.91 Å². The van der Waals surface area contributed by atoms with Crippen LogP contribution in [0.15, 0.2) is 40.2 Å². The van der Waals surface area contributed by atoms with Crippen LogP contribution in [0.2, 0.25) is 0 Å². The number of hydrogen-bond donors (Lipinski definition) is 2. The average Bonchev–Trinajstić information content (AvgIpc) is 2.55. The lowest BCUT2D eigenvalue weighted by molar-refractivity contribution is -0.0504. The summed E-state index contributed by atoms with van der Waals surface area (Å²) in [4.78, 5) is 43.8. The highest BCUT2D eigenvalue weighted by molar-refractivity contribution is 5.95. The van der Waals surface area contributed by atoms with Gasteiger partial charge in [-0.2, -0.15) is 0 Å². The van der Waals surface area contributed by atoms with E-state index in [1.807, 2.05) is 0 Å². The van der Waals surface area contributed by atoms with Gasteiger partial charge in [-0.25, -0.2) is 4.79 Å². The molecule has 0 unspecified atom stereocenters. The molecule has 0 saturated carbocycles. The summed E-state index contributed by atoms with van der Waals surface area (Å²) in [6.45, 7) is 3.82. The van der Waals surface area contributed by atoms with E-state index in [4.69, 9.17) is 0 Å². The van der Waals surface area contributed by atoms with Gasteiger partial charge in [0.25, 0.3) is 11.5 Å². The number of nitrogens with zero attached hydrogens (tertiary/aromatic N) is 3. The predicted octanol–water partition coefficient (Wildman–Crippen LogP) is 0.0782. The van der Waals surface area contributed by atoms with E-state index in [2.05, 4.69) is 9.97 Å². The Balaban J connectivity index is 1.85. The summed E-state index contributed by atoms with van der Waals surface area (Å²) in [5, 5.41) is 10.9. The molecule has 3 rings (SSSR count). The molecule has 1 saturated heterocycles. The van der Waals surface area contributed by atoms with Crippen LogP contribution in [-0.2, 0) is 0 Å². The third-order valence-corrected chi connectivity index (χ3v) is 4.61. The molecule has 3 heterocycles. The number of aliphatic hydroxyl groups is 1. The standard InChI is InChI=1S/C17H20N4O4/c1-11-12(4-3-7-18-11)15(23)20-8-5-13(17(2,25)10-20)21-9-6-14(22)19-16(21)24/h3-4,6-7,9,13,25H,5,8,10H2,1-2H3,(H,19,22,24)/t13-,17-/m1/s1. The third-order valence-electron chi connectivity index (χ3n) is 4.61. The van der Waals surface area contributed by atoms with E-state index in [9.17, 15) is 19.5 Å². The fraction of sp³-hybridized carbons (Fsp3) is 0.412. The zero-order chi connectivity index (χ0) is 18.2. The van der Waals surface area contributed by atoms with Crippen molar-refractivity contribution in [3.05, 3.63) is 62.7 Å². The summed E-state index contributed by atoms with van der Waals surface area (Å²) < 4.78 is 1.32. The predicted molar refractivity (Wildman–Crippen MR) is 90.5 cm³/mol. The molecule has 0 bridgehead atoms. The summed E-state index contributed by atoms with van der Waals surface area (Å²) in [6.07, 6.45) is 3.39. The number of β-amino-alcohol motifs (C(OH)–C–C–N with tert-alkyl or cyclic N) is 1. The van der Waals surface area contributed by atoms with E-state index >= 15 is 0 Å². The Bertz CT molecular complexity index is 915. The molecular weight excluding hydrogens is 324 g/mol. The van der Waals surface area contributed by atoms with Crippen molar-refractivity contribution in [2.75, 3.05) is 13.1 Å². The Kier molecular flexibility index (Phi) is 4.30. The molecule has 132 valence electrons. The zero-order valence-electron chi connectivity index (χ0n) is 14.1. The van der Waals surface area contributed by atoms with Gasteiger partial charge in [-0.1, -0.05) is 0 Å². The molecule has 0 aromatic carbocycles. The van der Waals surface area contributed by atoms with Crippen LogP contribution >= 0.6 is 0 Å². The number of likely N-dealkylation sites (tertiary alicyclic amines) is 1. The largest absolute Gasteiger partial charge is 0.386 e. The van der Waals surface area contributed by atoms with Crippen molar-refractivity contribution in [3.8, 4) is 0 Å². The number of pyridine rings is 1. The Hall–Kier alpha value is -2.74. The monoisotopic (exact) mass is 344 g/mol. The van der Waals surface area contributed by atoms with Crippen LogP contribution in [0, 0.1) is 6.92 Å².